The summed E-state index contributed by atoms with van der Waals surface area (Å²) in [6, 6.07) is 72.8. The first kappa shape index (κ1) is 34.1. The molecule has 0 unspecified atom stereocenters. The normalized spacial score (nSPS) is 13.1. The maximum absolute atomic E-state index is 2.51. The minimum atomic E-state index is 0.431. The second-order valence-corrected chi connectivity index (χ2v) is 18.6. The highest BCUT2D eigenvalue weighted by molar-refractivity contribution is 7.27. The molecule has 0 bridgehead atoms. The molecular formula is C57H37NS2. The van der Waals surface area contributed by atoms with E-state index < -0.39 is 0 Å². The molecule has 12 aromatic rings. The van der Waals surface area contributed by atoms with Gasteiger partial charge in [-0.1, -0.05) is 121 Å². The van der Waals surface area contributed by atoms with Crippen LogP contribution in [0.3, 0.4) is 0 Å². The van der Waals surface area contributed by atoms with Crippen molar-refractivity contribution in [2.24, 2.45) is 0 Å². The van der Waals surface area contributed by atoms with Crippen LogP contribution >= 0.6 is 22.7 Å². The molecule has 1 aliphatic rings. The summed E-state index contributed by atoms with van der Waals surface area (Å²) in [6.07, 6.45) is 2.11. The van der Waals surface area contributed by atoms with Crippen LogP contribution < -0.4 is 0 Å². The molecule has 3 heterocycles. The summed E-state index contributed by atoms with van der Waals surface area (Å²) in [4.78, 5) is 0. The third-order valence-electron chi connectivity index (χ3n) is 13.0. The van der Waals surface area contributed by atoms with E-state index in [1.54, 1.807) is 0 Å². The molecule has 0 fully saturated rings. The van der Waals surface area contributed by atoms with Crippen LogP contribution in [-0.2, 0) is 12.8 Å². The number of fused-ring (bicyclic) bond motifs is 12. The van der Waals surface area contributed by atoms with E-state index in [9.17, 15) is 0 Å². The Morgan fingerprint density at radius 3 is 1.43 bits per heavy atom. The topological polar surface area (TPSA) is 4.93 Å². The number of benzene rings is 9. The lowest BCUT2D eigenvalue weighted by atomic mass is 9.88. The number of hydrogen-bond acceptors (Lipinski definition) is 2. The van der Waals surface area contributed by atoms with Crippen molar-refractivity contribution in [2.45, 2.75) is 18.8 Å². The quantitative estimate of drug-likeness (QED) is 0.167. The van der Waals surface area contributed by atoms with Crippen molar-refractivity contribution in [2.75, 3.05) is 0 Å². The van der Waals surface area contributed by atoms with Gasteiger partial charge in [0.25, 0.3) is 0 Å². The summed E-state index contributed by atoms with van der Waals surface area (Å²) in [5.41, 5.74) is 15.7. The van der Waals surface area contributed by atoms with E-state index in [4.69, 9.17) is 0 Å². The zero-order chi connectivity index (χ0) is 39.3. The molecule has 9 aromatic carbocycles. The van der Waals surface area contributed by atoms with Gasteiger partial charge in [0.05, 0.1) is 11.0 Å². The number of rotatable bonds is 4. The number of nitrogens with zero attached hydrogens (tertiary/aromatic N) is 1. The van der Waals surface area contributed by atoms with Crippen molar-refractivity contribution >= 4 is 84.8 Å². The Morgan fingerprint density at radius 2 is 0.817 bits per heavy atom. The van der Waals surface area contributed by atoms with Crippen LogP contribution in [0.2, 0.25) is 0 Å². The van der Waals surface area contributed by atoms with Crippen LogP contribution in [0, 0.1) is 0 Å². The Hall–Kier alpha value is -6.78. The predicted molar refractivity (Wildman–Crippen MR) is 259 cm³/mol. The highest BCUT2D eigenvalue weighted by atomic mass is 32.1. The summed E-state index contributed by atoms with van der Waals surface area (Å²) >= 11 is 3.85. The predicted octanol–water partition coefficient (Wildman–Crippen LogP) is 16.4. The molecule has 0 aliphatic heterocycles. The van der Waals surface area contributed by atoms with E-state index in [1.807, 2.05) is 22.7 Å². The molecule has 0 spiro atoms. The van der Waals surface area contributed by atoms with Crippen LogP contribution in [-0.4, -0.2) is 4.57 Å². The maximum Gasteiger partial charge on any atom is 0.0541 e. The van der Waals surface area contributed by atoms with Gasteiger partial charge in [-0.05, 0) is 142 Å². The van der Waals surface area contributed by atoms with Gasteiger partial charge in [-0.3, -0.25) is 0 Å². The van der Waals surface area contributed by atoms with Gasteiger partial charge in [0.1, 0.15) is 0 Å². The van der Waals surface area contributed by atoms with Gasteiger partial charge >= 0.3 is 0 Å². The molecule has 3 aromatic heterocycles. The second kappa shape index (κ2) is 13.4. The van der Waals surface area contributed by atoms with Gasteiger partial charge in [0.2, 0.25) is 0 Å². The molecular weight excluding hydrogens is 763 g/mol. The molecule has 282 valence electrons. The SMILES string of the molecule is c1ccc(-c2ccc3c(c2)c2cc(-c4ccc5sc6cc7c(cc6c5c4)sc4ccc(C5Cc6ccccc6-c6ccccc6C5)cc47)ccc2n3-c2ccccc2)cc1. The van der Waals surface area contributed by atoms with Crippen LogP contribution in [0.5, 0.6) is 0 Å². The van der Waals surface area contributed by atoms with E-state index in [-0.39, 0.29) is 0 Å². The number of aromatic nitrogens is 1. The van der Waals surface area contributed by atoms with Crippen LogP contribution in [0.25, 0.3) is 101 Å². The fourth-order valence-electron chi connectivity index (χ4n) is 10.1. The van der Waals surface area contributed by atoms with Crippen molar-refractivity contribution < 1.29 is 0 Å². The average Bonchev–Trinajstić information content (AvgIpc) is 3.92. The van der Waals surface area contributed by atoms with Crippen LogP contribution in [0.1, 0.15) is 22.6 Å². The summed E-state index contributed by atoms with van der Waals surface area (Å²) < 4.78 is 7.82. The van der Waals surface area contributed by atoms with Gasteiger partial charge in [-0.15, -0.1) is 22.7 Å². The van der Waals surface area contributed by atoms with Crippen molar-refractivity contribution in [1.82, 2.24) is 4.57 Å². The molecule has 0 radical (unpaired) electrons. The van der Waals surface area contributed by atoms with Gasteiger partial charge in [0, 0.05) is 56.8 Å². The smallest absolute Gasteiger partial charge is 0.0541 e. The maximum atomic E-state index is 2.51. The van der Waals surface area contributed by atoms with E-state index in [0.29, 0.717) is 5.92 Å². The Balaban J connectivity index is 0.917. The second-order valence-electron chi connectivity index (χ2n) is 16.4. The lowest BCUT2D eigenvalue weighted by Crippen LogP contribution is -2.05. The molecule has 0 saturated heterocycles. The molecule has 1 aliphatic carbocycles. The number of para-hydroxylation sites is 1. The first-order chi connectivity index (χ1) is 29.7. The molecule has 13 rings (SSSR count). The van der Waals surface area contributed by atoms with Crippen molar-refractivity contribution in [3.05, 3.63) is 211 Å². The molecule has 0 N–H and O–H groups in total. The number of thiophene rings is 2. The van der Waals surface area contributed by atoms with Crippen molar-refractivity contribution in [3.8, 4) is 39.1 Å². The number of hydrogen-bond donors (Lipinski definition) is 0. The van der Waals surface area contributed by atoms with Gasteiger partial charge in [-0.25, -0.2) is 0 Å². The largest absolute Gasteiger partial charge is 0.309 e. The summed E-state index contributed by atoms with van der Waals surface area (Å²) in [5, 5.41) is 7.98. The highest BCUT2D eigenvalue weighted by Gasteiger charge is 2.23. The van der Waals surface area contributed by atoms with Crippen LogP contribution in [0.15, 0.2) is 194 Å². The van der Waals surface area contributed by atoms with Gasteiger partial charge in [0.15, 0.2) is 0 Å². The minimum absolute atomic E-state index is 0.431. The first-order valence-electron chi connectivity index (χ1n) is 20.9. The van der Waals surface area contributed by atoms with E-state index in [1.165, 1.54) is 118 Å². The van der Waals surface area contributed by atoms with Gasteiger partial charge < -0.3 is 4.57 Å². The summed E-state index contributed by atoms with van der Waals surface area (Å²) in [7, 11) is 0. The van der Waals surface area contributed by atoms with Crippen LogP contribution in [0.4, 0.5) is 0 Å². The zero-order valence-corrected chi connectivity index (χ0v) is 34.4. The summed E-state index contributed by atoms with van der Waals surface area (Å²) in [5.74, 6) is 0.431. The van der Waals surface area contributed by atoms with E-state index in [0.717, 1.165) is 12.8 Å². The Labute approximate surface area is 356 Å². The third kappa shape index (κ3) is 5.36. The standard InChI is InChI=1S/C57H37NS2/c1-3-11-35(12-4-1)36-19-23-52-46(29-36)47-30-37(20-24-53(47)58(52)43-15-5-2-6-16-43)38-21-25-54-48(31-38)50-33-57-51(34-56(50)59-54)49-32-39(22-26-55(49)60-57)42-27-40-13-7-9-17-44(40)45-18-10-8-14-41(45)28-42/h1-26,29-34,42H,27-28H2. The fraction of sp³-hybridized carbons (Fsp3) is 0.0526. The minimum Gasteiger partial charge on any atom is -0.309 e. The molecule has 0 atom stereocenters. The van der Waals surface area contributed by atoms with E-state index in [2.05, 4.69) is 199 Å². The molecule has 0 amide bonds. The van der Waals surface area contributed by atoms with Crippen molar-refractivity contribution in [1.29, 1.82) is 0 Å². The molecule has 0 saturated carbocycles. The zero-order valence-electron chi connectivity index (χ0n) is 32.7. The lowest BCUT2D eigenvalue weighted by Gasteiger charge is -2.16. The summed E-state index contributed by atoms with van der Waals surface area (Å²) in [6.45, 7) is 0. The lowest BCUT2D eigenvalue weighted by molar-refractivity contribution is 0.690. The fourth-order valence-corrected chi connectivity index (χ4v) is 12.3. The molecule has 60 heavy (non-hydrogen) atoms. The van der Waals surface area contributed by atoms with Gasteiger partial charge in [-0.2, -0.15) is 0 Å². The average molecular weight is 800 g/mol. The highest BCUT2D eigenvalue weighted by Crippen LogP contribution is 2.45. The monoisotopic (exact) mass is 799 g/mol. The van der Waals surface area contributed by atoms with Crippen molar-refractivity contribution in [3.63, 3.8) is 0 Å². The third-order valence-corrected chi connectivity index (χ3v) is 15.3. The van der Waals surface area contributed by atoms with E-state index >= 15 is 0 Å². The Bertz CT molecular complexity index is 3610. The Kier molecular flexibility index (Phi) is 7.60. The first-order valence-corrected chi connectivity index (χ1v) is 22.5. The Morgan fingerprint density at radius 1 is 0.350 bits per heavy atom. The molecule has 3 heteroatoms. The molecule has 1 nitrogen and oxygen atoms in total.